The number of hydrogen-bond donors (Lipinski definition) is 0. The van der Waals surface area contributed by atoms with Crippen LogP contribution >= 0.6 is 11.3 Å². The maximum Gasteiger partial charge on any atom is 0.338 e. The maximum absolute atomic E-state index is 14.3. The van der Waals surface area contributed by atoms with E-state index < -0.39 is 12.0 Å². The molecule has 1 aliphatic heterocycles. The molecule has 0 saturated heterocycles. The summed E-state index contributed by atoms with van der Waals surface area (Å²) in [6.07, 6.45) is 1.87. The van der Waals surface area contributed by atoms with Gasteiger partial charge in [0.2, 0.25) is 0 Å². The third kappa shape index (κ3) is 5.15. The van der Waals surface area contributed by atoms with Crippen LogP contribution < -0.4 is 24.5 Å². The SMILES string of the molecule is CCOC(=O)C1=C(c2ccccc2)N=c2sc(=Cc3ccc(N(C)C)cc3)c(=O)n2[C@@H]1c1c(OC)ccc2ccccc12. The Bertz CT molecular complexity index is 2040. The fourth-order valence-electron chi connectivity index (χ4n) is 5.47. The fourth-order valence-corrected chi connectivity index (χ4v) is 6.47. The normalized spacial score (nSPS) is 14.8. The Labute approximate surface area is 253 Å². The zero-order valence-electron chi connectivity index (χ0n) is 24.4. The Morgan fingerprint density at radius 1 is 0.977 bits per heavy atom. The monoisotopic (exact) mass is 589 g/mol. The van der Waals surface area contributed by atoms with Crippen LogP contribution in [-0.2, 0) is 9.53 Å². The predicted molar refractivity (Wildman–Crippen MR) is 172 cm³/mol. The van der Waals surface area contributed by atoms with Crippen LogP contribution in [0.15, 0.2) is 106 Å². The van der Waals surface area contributed by atoms with E-state index >= 15 is 0 Å². The van der Waals surface area contributed by atoms with Gasteiger partial charge in [0.25, 0.3) is 5.56 Å². The van der Waals surface area contributed by atoms with Crippen LogP contribution in [0.1, 0.15) is 29.7 Å². The molecule has 7 nitrogen and oxygen atoms in total. The molecule has 1 aliphatic rings. The molecule has 0 saturated carbocycles. The largest absolute Gasteiger partial charge is 0.496 e. The lowest BCUT2D eigenvalue weighted by atomic mass is 9.89. The predicted octanol–water partition coefficient (Wildman–Crippen LogP) is 5.16. The zero-order valence-corrected chi connectivity index (χ0v) is 25.2. The smallest absolute Gasteiger partial charge is 0.338 e. The molecule has 43 heavy (non-hydrogen) atoms. The summed E-state index contributed by atoms with van der Waals surface area (Å²) >= 11 is 1.30. The van der Waals surface area contributed by atoms with Gasteiger partial charge in [-0.15, -0.1) is 0 Å². The van der Waals surface area contributed by atoms with E-state index in [4.69, 9.17) is 14.5 Å². The second kappa shape index (κ2) is 11.7. The molecular formula is C35H31N3O4S. The minimum Gasteiger partial charge on any atom is -0.496 e. The van der Waals surface area contributed by atoms with E-state index in [0.717, 1.165) is 27.6 Å². The molecule has 1 aromatic heterocycles. The second-order valence-corrected chi connectivity index (χ2v) is 11.3. The topological polar surface area (TPSA) is 73.1 Å². The Balaban J connectivity index is 1.70. The number of carbonyl (C=O) groups is 1. The Morgan fingerprint density at radius 3 is 2.40 bits per heavy atom. The number of fused-ring (bicyclic) bond motifs is 2. The number of carbonyl (C=O) groups excluding carboxylic acids is 1. The van der Waals surface area contributed by atoms with Crippen molar-refractivity contribution < 1.29 is 14.3 Å². The van der Waals surface area contributed by atoms with E-state index in [1.54, 1.807) is 18.6 Å². The summed E-state index contributed by atoms with van der Waals surface area (Å²) in [6, 6.07) is 28.5. The van der Waals surface area contributed by atoms with Crippen LogP contribution in [0.4, 0.5) is 5.69 Å². The van der Waals surface area contributed by atoms with Crippen molar-refractivity contribution in [2.45, 2.75) is 13.0 Å². The first-order valence-electron chi connectivity index (χ1n) is 14.0. The third-order valence-corrected chi connectivity index (χ3v) is 8.49. The number of esters is 1. The van der Waals surface area contributed by atoms with Crippen molar-refractivity contribution in [2.75, 3.05) is 32.7 Å². The lowest BCUT2D eigenvalue weighted by Crippen LogP contribution is -2.40. The van der Waals surface area contributed by atoms with Crippen molar-refractivity contribution in [2.24, 2.45) is 4.99 Å². The summed E-state index contributed by atoms with van der Waals surface area (Å²) in [6.45, 7) is 1.95. The number of benzene rings is 4. The average Bonchev–Trinajstić information content (AvgIpc) is 3.34. The van der Waals surface area contributed by atoms with Crippen molar-refractivity contribution in [1.82, 2.24) is 4.57 Å². The van der Waals surface area contributed by atoms with Crippen LogP contribution in [-0.4, -0.2) is 38.3 Å². The fraction of sp³-hybridized carbons (Fsp3) is 0.171. The molecular weight excluding hydrogens is 558 g/mol. The van der Waals surface area contributed by atoms with Gasteiger partial charge < -0.3 is 14.4 Å². The molecule has 0 N–H and O–H groups in total. The molecule has 0 spiro atoms. The van der Waals surface area contributed by atoms with Crippen molar-refractivity contribution in [3.05, 3.63) is 133 Å². The molecule has 4 aromatic carbocycles. The summed E-state index contributed by atoms with van der Waals surface area (Å²) in [7, 11) is 5.57. The van der Waals surface area contributed by atoms with Gasteiger partial charge in [0.05, 0.1) is 29.5 Å². The van der Waals surface area contributed by atoms with Crippen molar-refractivity contribution in [1.29, 1.82) is 0 Å². The van der Waals surface area contributed by atoms with Crippen LogP contribution in [0.2, 0.25) is 0 Å². The molecule has 0 fully saturated rings. The first-order valence-corrected chi connectivity index (χ1v) is 14.8. The highest BCUT2D eigenvalue weighted by Gasteiger charge is 2.37. The molecule has 0 unspecified atom stereocenters. The summed E-state index contributed by atoms with van der Waals surface area (Å²) in [5, 5.41) is 1.83. The highest BCUT2D eigenvalue weighted by Crippen LogP contribution is 2.42. The third-order valence-electron chi connectivity index (χ3n) is 7.50. The van der Waals surface area contributed by atoms with Crippen LogP contribution in [0.5, 0.6) is 5.75 Å². The van der Waals surface area contributed by atoms with E-state index in [1.165, 1.54) is 11.3 Å². The first kappa shape index (κ1) is 28.2. The van der Waals surface area contributed by atoms with Crippen LogP contribution in [0.25, 0.3) is 22.5 Å². The number of anilines is 1. The van der Waals surface area contributed by atoms with Crippen molar-refractivity contribution in [3.63, 3.8) is 0 Å². The van der Waals surface area contributed by atoms with Gasteiger partial charge in [0.1, 0.15) is 11.8 Å². The number of ether oxygens (including phenoxy) is 2. The number of aromatic nitrogens is 1. The molecule has 0 aliphatic carbocycles. The summed E-state index contributed by atoms with van der Waals surface area (Å²) in [5.41, 5.74) is 3.94. The lowest BCUT2D eigenvalue weighted by molar-refractivity contribution is -0.138. The Hall–Kier alpha value is -4.95. The van der Waals surface area contributed by atoms with Crippen molar-refractivity contribution >= 4 is 45.5 Å². The van der Waals surface area contributed by atoms with Gasteiger partial charge in [0, 0.05) is 30.9 Å². The van der Waals surface area contributed by atoms with E-state index in [9.17, 15) is 9.59 Å². The Kier molecular flexibility index (Phi) is 7.69. The quantitative estimate of drug-likeness (QED) is 0.245. The van der Waals surface area contributed by atoms with Gasteiger partial charge in [-0.25, -0.2) is 9.79 Å². The standard InChI is InChI=1S/C35H31N3O4S/c1-5-42-34(40)30-31(24-12-7-6-8-13-24)36-35-38(32(30)29-26-14-10-9-11-23(26)17-20-27(29)41-4)33(39)28(43-35)21-22-15-18-25(19-16-22)37(2)3/h6-21,32H,5H2,1-4H3/t32-/m1/s1. The molecule has 0 amide bonds. The summed E-state index contributed by atoms with van der Waals surface area (Å²) in [4.78, 5) is 35.7. The summed E-state index contributed by atoms with van der Waals surface area (Å²) in [5.74, 6) is 0.0345. The molecule has 216 valence electrons. The van der Waals surface area contributed by atoms with E-state index in [0.29, 0.717) is 26.3 Å². The lowest BCUT2D eigenvalue weighted by Gasteiger charge is -2.28. The minimum absolute atomic E-state index is 0.178. The number of thiazole rings is 1. The number of hydrogen-bond acceptors (Lipinski definition) is 7. The summed E-state index contributed by atoms with van der Waals surface area (Å²) < 4.78 is 13.7. The number of rotatable bonds is 7. The highest BCUT2D eigenvalue weighted by molar-refractivity contribution is 7.07. The van der Waals surface area contributed by atoms with Gasteiger partial charge in [-0.1, -0.05) is 84.1 Å². The molecule has 2 heterocycles. The maximum atomic E-state index is 14.3. The molecule has 8 heteroatoms. The van der Waals surface area contributed by atoms with Gasteiger partial charge in [-0.3, -0.25) is 9.36 Å². The van der Waals surface area contributed by atoms with Crippen LogP contribution in [0.3, 0.4) is 0 Å². The Morgan fingerprint density at radius 2 is 1.70 bits per heavy atom. The second-order valence-electron chi connectivity index (χ2n) is 10.3. The minimum atomic E-state index is -0.843. The first-order chi connectivity index (χ1) is 20.9. The highest BCUT2D eigenvalue weighted by atomic mass is 32.1. The molecule has 0 bridgehead atoms. The average molecular weight is 590 g/mol. The van der Waals surface area contributed by atoms with Gasteiger partial charge >= 0.3 is 5.97 Å². The molecule has 0 radical (unpaired) electrons. The van der Waals surface area contributed by atoms with Gasteiger partial charge in [-0.2, -0.15) is 0 Å². The van der Waals surface area contributed by atoms with Gasteiger partial charge in [0.15, 0.2) is 4.80 Å². The number of nitrogens with zero attached hydrogens (tertiary/aromatic N) is 3. The van der Waals surface area contributed by atoms with Crippen molar-refractivity contribution in [3.8, 4) is 5.75 Å². The zero-order chi connectivity index (χ0) is 30.1. The molecule has 5 aromatic rings. The van der Waals surface area contributed by atoms with E-state index in [1.807, 2.05) is 116 Å². The van der Waals surface area contributed by atoms with Gasteiger partial charge in [-0.05, 0) is 47.5 Å². The number of methoxy groups -OCH3 is 1. The molecule has 1 atom stereocenters. The van der Waals surface area contributed by atoms with Crippen LogP contribution in [0, 0.1) is 0 Å². The van der Waals surface area contributed by atoms with E-state index in [2.05, 4.69) is 0 Å². The molecule has 6 rings (SSSR count). The van der Waals surface area contributed by atoms with E-state index in [-0.39, 0.29) is 17.7 Å².